The third-order valence-electron chi connectivity index (χ3n) is 5.03. The second-order valence-corrected chi connectivity index (χ2v) is 7.64. The number of fused-ring (bicyclic) bond motifs is 1. The Kier molecular flexibility index (Phi) is 5.25. The zero-order valence-electron chi connectivity index (χ0n) is 15.4. The molecule has 0 saturated carbocycles. The summed E-state index contributed by atoms with van der Waals surface area (Å²) in [4.78, 5) is 21.8. The summed E-state index contributed by atoms with van der Waals surface area (Å²) >= 11 is 5.96. The minimum absolute atomic E-state index is 0.0138. The van der Waals surface area contributed by atoms with E-state index < -0.39 is 0 Å². The molecule has 0 atom stereocenters. The van der Waals surface area contributed by atoms with E-state index in [1.807, 2.05) is 37.4 Å². The van der Waals surface area contributed by atoms with Crippen LogP contribution in [0.5, 0.6) is 0 Å². The summed E-state index contributed by atoms with van der Waals surface area (Å²) in [7, 11) is 0. The molecule has 5 nitrogen and oxygen atoms in total. The topological polar surface area (TPSA) is 40.9 Å². The molecule has 2 aromatic heterocycles. The molecule has 3 aromatic rings. The first-order valence-corrected chi connectivity index (χ1v) is 9.63. The average molecular weight is 383 g/mol. The van der Waals surface area contributed by atoms with E-state index in [2.05, 4.69) is 26.9 Å². The summed E-state index contributed by atoms with van der Waals surface area (Å²) in [5.74, 6) is 0. The average Bonchev–Trinajstić information content (AvgIpc) is 2.66. The summed E-state index contributed by atoms with van der Waals surface area (Å²) in [6, 6.07) is 13.6. The Bertz CT molecular complexity index is 991. The highest BCUT2D eigenvalue weighted by Gasteiger charge is 2.18. The molecule has 0 N–H and O–H groups in total. The lowest BCUT2D eigenvalue weighted by molar-refractivity contribution is 0.121. The lowest BCUT2D eigenvalue weighted by atomic mass is 10.2. The van der Waals surface area contributed by atoms with Gasteiger partial charge in [-0.05, 0) is 36.2 Å². The Morgan fingerprint density at radius 1 is 0.963 bits per heavy atom. The van der Waals surface area contributed by atoms with Crippen LogP contribution in [0.15, 0.2) is 53.5 Å². The van der Waals surface area contributed by atoms with E-state index in [1.165, 1.54) is 5.56 Å². The second-order valence-electron chi connectivity index (χ2n) is 7.20. The molecule has 6 heteroatoms. The van der Waals surface area contributed by atoms with Crippen LogP contribution in [-0.4, -0.2) is 45.4 Å². The summed E-state index contributed by atoms with van der Waals surface area (Å²) in [5, 5.41) is 0.775. The van der Waals surface area contributed by atoms with Gasteiger partial charge in [0.05, 0.1) is 5.69 Å². The highest BCUT2D eigenvalue weighted by molar-refractivity contribution is 6.30. The Hall–Kier alpha value is -2.21. The molecular weight excluding hydrogens is 360 g/mol. The molecule has 0 bridgehead atoms. The Morgan fingerprint density at radius 3 is 2.33 bits per heavy atom. The molecule has 1 saturated heterocycles. The van der Waals surface area contributed by atoms with Crippen LogP contribution in [-0.2, 0) is 13.1 Å². The molecule has 1 aliphatic rings. The van der Waals surface area contributed by atoms with Gasteiger partial charge in [-0.1, -0.05) is 29.8 Å². The molecule has 140 valence electrons. The van der Waals surface area contributed by atoms with Crippen LogP contribution in [0.25, 0.3) is 5.65 Å². The fraction of sp³-hybridized carbons (Fsp3) is 0.333. The minimum Gasteiger partial charge on any atom is -0.297 e. The lowest BCUT2D eigenvalue weighted by Gasteiger charge is -2.34. The van der Waals surface area contributed by atoms with Crippen LogP contribution in [0.1, 0.15) is 16.8 Å². The Balaban J connectivity index is 1.37. The van der Waals surface area contributed by atoms with E-state index in [4.69, 9.17) is 11.6 Å². The number of pyridine rings is 1. The standard InChI is InChI=1S/C21H23ClN4O/c1-16-2-7-20-23-19(12-21(27)26(20)13-16)15-25-10-8-24(9-11-25)14-17-3-5-18(22)6-4-17/h2-7,12-13H,8-11,14-15H2,1H3. The Labute approximate surface area is 163 Å². The quantitative estimate of drug-likeness (QED) is 0.695. The maximum atomic E-state index is 12.4. The molecule has 3 heterocycles. The van der Waals surface area contributed by atoms with Crippen molar-refractivity contribution in [2.75, 3.05) is 26.2 Å². The van der Waals surface area contributed by atoms with Crippen LogP contribution in [0.4, 0.5) is 0 Å². The number of benzene rings is 1. The first-order chi connectivity index (χ1) is 13.1. The molecule has 0 amide bonds. The van der Waals surface area contributed by atoms with Gasteiger partial charge in [0, 0.05) is 56.6 Å². The maximum absolute atomic E-state index is 12.4. The van der Waals surface area contributed by atoms with Gasteiger partial charge in [-0.2, -0.15) is 0 Å². The van der Waals surface area contributed by atoms with Crippen LogP contribution >= 0.6 is 11.6 Å². The van der Waals surface area contributed by atoms with Crippen molar-refractivity contribution in [3.05, 3.63) is 80.9 Å². The minimum atomic E-state index is -0.0138. The first kappa shape index (κ1) is 18.2. The van der Waals surface area contributed by atoms with Gasteiger partial charge in [0.2, 0.25) is 0 Å². The SMILES string of the molecule is Cc1ccc2nc(CN3CCN(Cc4ccc(Cl)cc4)CC3)cc(=O)n2c1. The van der Waals surface area contributed by atoms with Crippen molar-refractivity contribution < 1.29 is 0 Å². The van der Waals surface area contributed by atoms with Crippen molar-refractivity contribution in [1.29, 1.82) is 0 Å². The number of aryl methyl sites for hydroxylation is 1. The van der Waals surface area contributed by atoms with Gasteiger partial charge in [0.1, 0.15) is 5.65 Å². The number of nitrogens with zero attached hydrogens (tertiary/aromatic N) is 4. The van der Waals surface area contributed by atoms with E-state index in [0.717, 1.165) is 49.0 Å². The van der Waals surface area contributed by atoms with Gasteiger partial charge in [-0.15, -0.1) is 0 Å². The van der Waals surface area contributed by atoms with E-state index in [9.17, 15) is 4.79 Å². The number of piperazine rings is 1. The molecule has 1 aliphatic heterocycles. The van der Waals surface area contributed by atoms with Gasteiger partial charge in [-0.3, -0.25) is 19.0 Å². The van der Waals surface area contributed by atoms with E-state index in [-0.39, 0.29) is 5.56 Å². The predicted octanol–water partition coefficient (Wildman–Crippen LogP) is 2.97. The Morgan fingerprint density at radius 2 is 1.63 bits per heavy atom. The zero-order valence-corrected chi connectivity index (χ0v) is 16.2. The summed E-state index contributed by atoms with van der Waals surface area (Å²) in [6.45, 7) is 7.60. The molecule has 1 aromatic carbocycles. The summed E-state index contributed by atoms with van der Waals surface area (Å²) in [5.41, 5.74) is 3.88. The highest BCUT2D eigenvalue weighted by Crippen LogP contribution is 2.14. The van der Waals surface area contributed by atoms with E-state index in [0.29, 0.717) is 12.2 Å². The number of rotatable bonds is 4. The van der Waals surface area contributed by atoms with Crippen molar-refractivity contribution in [3.8, 4) is 0 Å². The van der Waals surface area contributed by atoms with Crippen molar-refractivity contribution in [3.63, 3.8) is 0 Å². The third-order valence-corrected chi connectivity index (χ3v) is 5.28. The van der Waals surface area contributed by atoms with Crippen LogP contribution in [0.3, 0.4) is 0 Å². The molecule has 27 heavy (non-hydrogen) atoms. The summed E-state index contributed by atoms with van der Waals surface area (Å²) in [6.07, 6.45) is 1.84. The maximum Gasteiger partial charge on any atom is 0.258 e. The molecular formula is C21H23ClN4O. The van der Waals surface area contributed by atoms with Crippen LogP contribution < -0.4 is 5.56 Å². The smallest absolute Gasteiger partial charge is 0.258 e. The third kappa shape index (κ3) is 4.38. The van der Waals surface area contributed by atoms with Gasteiger partial charge in [-0.25, -0.2) is 4.98 Å². The first-order valence-electron chi connectivity index (χ1n) is 9.25. The van der Waals surface area contributed by atoms with Crippen molar-refractivity contribution in [2.24, 2.45) is 0 Å². The van der Waals surface area contributed by atoms with Gasteiger partial charge >= 0.3 is 0 Å². The second kappa shape index (κ2) is 7.80. The molecule has 0 aliphatic carbocycles. The summed E-state index contributed by atoms with van der Waals surface area (Å²) < 4.78 is 1.61. The zero-order chi connectivity index (χ0) is 18.8. The predicted molar refractivity (Wildman–Crippen MR) is 108 cm³/mol. The number of hydrogen-bond donors (Lipinski definition) is 0. The fourth-order valence-corrected chi connectivity index (χ4v) is 3.65. The lowest BCUT2D eigenvalue weighted by Crippen LogP contribution is -2.45. The van der Waals surface area contributed by atoms with Crippen LogP contribution in [0.2, 0.25) is 5.02 Å². The van der Waals surface area contributed by atoms with Crippen molar-refractivity contribution >= 4 is 17.2 Å². The van der Waals surface area contributed by atoms with Crippen LogP contribution in [0, 0.1) is 6.92 Å². The number of halogens is 1. The molecule has 4 rings (SSSR count). The van der Waals surface area contributed by atoms with Gasteiger partial charge in [0.15, 0.2) is 0 Å². The van der Waals surface area contributed by atoms with Crippen molar-refractivity contribution in [2.45, 2.75) is 20.0 Å². The highest BCUT2D eigenvalue weighted by atomic mass is 35.5. The van der Waals surface area contributed by atoms with E-state index >= 15 is 0 Å². The largest absolute Gasteiger partial charge is 0.297 e. The molecule has 0 unspecified atom stereocenters. The number of aromatic nitrogens is 2. The fourth-order valence-electron chi connectivity index (χ4n) is 3.52. The molecule has 0 radical (unpaired) electrons. The molecule has 0 spiro atoms. The normalized spacial score (nSPS) is 16.1. The van der Waals surface area contributed by atoms with Crippen molar-refractivity contribution in [1.82, 2.24) is 19.2 Å². The number of hydrogen-bond acceptors (Lipinski definition) is 4. The monoisotopic (exact) mass is 382 g/mol. The van der Waals surface area contributed by atoms with E-state index in [1.54, 1.807) is 10.5 Å². The van der Waals surface area contributed by atoms with Gasteiger partial charge < -0.3 is 0 Å². The van der Waals surface area contributed by atoms with Gasteiger partial charge in [0.25, 0.3) is 5.56 Å². The molecule has 1 fully saturated rings.